The number of anilines is 2. The van der Waals surface area contributed by atoms with E-state index in [2.05, 4.69) is 31.7 Å². The number of rotatable bonds is 8. The molecule has 1 unspecified atom stereocenters. The van der Waals surface area contributed by atoms with Gasteiger partial charge in [-0.3, -0.25) is 9.78 Å². The van der Waals surface area contributed by atoms with E-state index in [9.17, 15) is 4.79 Å². The third-order valence-electron chi connectivity index (χ3n) is 5.17. The first-order chi connectivity index (χ1) is 15.6. The fourth-order valence-electron chi connectivity index (χ4n) is 3.39. The summed E-state index contributed by atoms with van der Waals surface area (Å²) in [7, 11) is 1.58. The molecule has 4 rings (SSSR count). The van der Waals surface area contributed by atoms with Crippen molar-refractivity contribution in [3.8, 4) is 11.1 Å². The zero-order valence-corrected chi connectivity index (χ0v) is 18.1. The minimum atomic E-state index is -0.0834. The first-order valence-corrected chi connectivity index (χ1v) is 10.4. The number of amides is 1. The molecule has 162 valence electrons. The molecule has 0 bridgehead atoms. The van der Waals surface area contributed by atoms with E-state index in [-0.39, 0.29) is 11.9 Å². The fourth-order valence-corrected chi connectivity index (χ4v) is 3.39. The number of hydrogen-bond acceptors (Lipinski definition) is 6. The van der Waals surface area contributed by atoms with Gasteiger partial charge in [0, 0.05) is 43.2 Å². The first-order valence-electron chi connectivity index (χ1n) is 10.4. The van der Waals surface area contributed by atoms with Gasteiger partial charge in [0.05, 0.1) is 18.2 Å². The van der Waals surface area contributed by atoms with Gasteiger partial charge in [0.15, 0.2) is 0 Å². The maximum Gasteiger partial charge on any atom is 0.227 e. The average molecular weight is 428 g/mol. The van der Waals surface area contributed by atoms with Crippen molar-refractivity contribution in [2.75, 3.05) is 19.0 Å². The summed E-state index contributed by atoms with van der Waals surface area (Å²) in [4.78, 5) is 25.0. The Balaban J connectivity index is 1.43. The molecule has 0 fully saturated rings. The molecule has 2 aromatic carbocycles. The lowest BCUT2D eigenvalue weighted by Gasteiger charge is -2.15. The number of pyridine rings is 1. The molecule has 0 radical (unpaired) electrons. The number of methoxy groups -OCH3 is 1. The molecule has 4 aromatic rings. The SMILES string of the molecule is COCCC(=O)NC(C)c1ccc(Nc2ncc3cc(-c4ccncc4)ccc3n2)cc1. The van der Waals surface area contributed by atoms with Crippen molar-refractivity contribution in [2.24, 2.45) is 0 Å². The lowest BCUT2D eigenvalue weighted by atomic mass is 10.1. The molecule has 2 N–H and O–H groups in total. The molecule has 32 heavy (non-hydrogen) atoms. The number of carbonyl (C=O) groups excluding carboxylic acids is 1. The normalized spacial score (nSPS) is 11.8. The van der Waals surface area contributed by atoms with Gasteiger partial charge < -0.3 is 15.4 Å². The molecule has 0 saturated heterocycles. The summed E-state index contributed by atoms with van der Waals surface area (Å²) in [5.74, 6) is 0.501. The highest BCUT2D eigenvalue weighted by atomic mass is 16.5. The summed E-state index contributed by atoms with van der Waals surface area (Å²) in [5.41, 5.74) is 4.96. The molecule has 1 amide bonds. The van der Waals surface area contributed by atoms with Crippen LogP contribution < -0.4 is 10.6 Å². The van der Waals surface area contributed by atoms with E-state index >= 15 is 0 Å². The third kappa shape index (κ3) is 5.25. The smallest absolute Gasteiger partial charge is 0.227 e. The van der Waals surface area contributed by atoms with Crippen LogP contribution in [0.4, 0.5) is 11.6 Å². The van der Waals surface area contributed by atoms with E-state index in [4.69, 9.17) is 4.74 Å². The highest BCUT2D eigenvalue weighted by molar-refractivity contribution is 5.84. The second-order valence-corrected chi connectivity index (χ2v) is 7.48. The van der Waals surface area contributed by atoms with Gasteiger partial charge in [-0.05, 0) is 60.0 Å². The molecular formula is C25H25N5O2. The zero-order valence-electron chi connectivity index (χ0n) is 18.1. The van der Waals surface area contributed by atoms with E-state index in [1.165, 1.54) is 0 Å². The van der Waals surface area contributed by atoms with Crippen LogP contribution in [0.25, 0.3) is 22.0 Å². The predicted octanol–water partition coefficient (Wildman–Crippen LogP) is 4.65. The van der Waals surface area contributed by atoms with Gasteiger partial charge in [-0.1, -0.05) is 18.2 Å². The van der Waals surface area contributed by atoms with E-state index < -0.39 is 0 Å². The van der Waals surface area contributed by atoms with Gasteiger partial charge in [0.1, 0.15) is 0 Å². The van der Waals surface area contributed by atoms with E-state index in [0.29, 0.717) is 19.0 Å². The maximum atomic E-state index is 11.9. The number of benzene rings is 2. The van der Waals surface area contributed by atoms with Gasteiger partial charge in [0.2, 0.25) is 11.9 Å². The summed E-state index contributed by atoms with van der Waals surface area (Å²) >= 11 is 0. The molecule has 0 aliphatic heterocycles. The Morgan fingerprint density at radius 2 is 1.81 bits per heavy atom. The molecule has 0 saturated carbocycles. The van der Waals surface area contributed by atoms with Crippen LogP contribution >= 0.6 is 0 Å². The summed E-state index contributed by atoms with van der Waals surface area (Å²) in [5, 5.41) is 7.18. The minimum absolute atomic E-state index is 0.0294. The zero-order chi connectivity index (χ0) is 22.3. The summed E-state index contributed by atoms with van der Waals surface area (Å²) < 4.78 is 4.94. The predicted molar refractivity (Wildman–Crippen MR) is 126 cm³/mol. The summed E-state index contributed by atoms with van der Waals surface area (Å²) in [6.45, 7) is 2.37. The molecule has 0 aliphatic rings. The Labute approximate surface area is 186 Å². The second-order valence-electron chi connectivity index (χ2n) is 7.48. The number of nitrogens with one attached hydrogen (secondary N) is 2. The van der Waals surface area contributed by atoms with Gasteiger partial charge in [0.25, 0.3) is 0 Å². The largest absolute Gasteiger partial charge is 0.384 e. The molecule has 7 nitrogen and oxygen atoms in total. The molecule has 1 atom stereocenters. The quantitative estimate of drug-likeness (QED) is 0.426. The van der Waals surface area contributed by atoms with Crippen molar-refractivity contribution < 1.29 is 9.53 Å². The summed E-state index contributed by atoms with van der Waals surface area (Å²) in [6.07, 6.45) is 5.74. The molecule has 2 heterocycles. The number of hydrogen-bond donors (Lipinski definition) is 2. The molecular weight excluding hydrogens is 402 g/mol. The number of fused-ring (bicyclic) bond motifs is 1. The first kappa shape index (κ1) is 21.4. The van der Waals surface area contributed by atoms with Crippen molar-refractivity contribution in [2.45, 2.75) is 19.4 Å². The van der Waals surface area contributed by atoms with E-state index in [1.807, 2.05) is 61.7 Å². The average Bonchev–Trinajstić information content (AvgIpc) is 2.83. The lowest BCUT2D eigenvalue weighted by Crippen LogP contribution is -2.27. The fraction of sp³-hybridized carbons (Fsp3) is 0.200. The number of carbonyl (C=O) groups is 1. The van der Waals surface area contributed by atoms with Crippen LogP contribution in [0.15, 0.2) is 73.2 Å². The second kappa shape index (κ2) is 9.98. The van der Waals surface area contributed by atoms with Crippen LogP contribution in [-0.4, -0.2) is 34.6 Å². The van der Waals surface area contributed by atoms with Crippen LogP contribution in [-0.2, 0) is 9.53 Å². The van der Waals surface area contributed by atoms with Crippen LogP contribution in [0.1, 0.15) is 24.9 Å². The van der Waals surface area contributed by atoms with Crippen molar-refractivity contribution >= 4 is 28.4 Å². The lowest BCUT2D eigenvalue weighted by molar-refractivity contribution is -0.122. The Morgan fingerprint density at radius 3 is 2.56 bits per heavy atom. The van der Waals surface area contributed by atoms with Crippen molar-refractivity contribution in [1.82, 2.24) is 20.3 Å². The maximum absolute atomic E-state index is 11.9. The molecule has 7 heteroatoms. The van der Waals surface area contributed by atoms with Crippen molar-refractivity contribution in [3.05, 3.63) is 78.8 Å². The standard InChI is InChI=1S/C25H25N5O2/c1-17(28-24(31)11-14-32-2)18-3-6-22(7-4-18)29-25-27-16-21-15-20(5-8-23(21)30-25)19-9-12-26-13-10-19/h3-10,12-13,15-17H,11,14H2,1-2H3,(H,28,31)(H,27,29,30). The highest BCUT2D eigenvalue weighted by Gasteiger charge is 2.10. The molecule has 0 aliphatic carbocycles. The number of ether oxygens (including phenoxy) is 1. The van der Waals surface area contributed by atoms with E-state index in [1.54, 1.807) is 19.5 Å². The van der Waals surface area contributed by atoms with Gasteiger partial charge in [-0.15, -0.1) is 0 Å². The Morgan fingerprint density at radius 1 is 1.03 bits per heavy atom. The van der Waals surface area contributed by atoms with Crippen LogP contribution in [0.2, 0.25) is 0 Å². The Bertz CT molecular complexity index is 1200. The van der Waals surface area contributed by atoms with Gasteiger partial charge in [-0.25, -0.2) is 9.97 Å². The summed E-state index contributed by atoms with van der Waals surface area (Å²) in [6, 6.07) is 17.9. The molecule has 2 aromatic heterocycles. The Kier molecular flexibility index (Phi) is 6.67. The number of aromatic nitrogens is 3. The van der Waals surface area contributed by atoms with Crippen molar-refractivity contribution in [3.63, 3.8) is 0 Å². The van der Waals surface area contributed by atoms with E-state index in [0.717, 1.165) is 33.3 Å². The highest BCUT2D eigenvalue weighted by Crippen LogP contribution is 2.24. The number of nitrogens with zero attached hydrogens (tertiary/aromatic N) is 3. The topological polar surface area (TPSA) is 89.0 Å². The van der Waals surface area contributed by atoms with Crippen LogP contribution in [0, 0.1) is 0 Å². The van der Waals surface area contributed by atoms with Crippen LogP contribution in [0.3, 0.4) is 0 Å². The van der Waals surface area contributed by atoms with Crippen LogP contribution in [0.5, 0.6) is 0 Å². The monoisotopic (exact) mass is 427 g/mol. The molecule has 0 spiro atoms. The Hall–Kier alpha value is -3.84. The van der Waals surface area contributed by atoms with Gasteiger partial charge in [-0.2, -0.15) is 0 Å². The van der Waals surface area contributed by atoms with Gasteiger partial charge >= 0.3 is 0 Å². The van der Waals surface area contributed by atoms with Crippen molar-refractivity contribution in [1.29, 1.82) is 0 Å². The minimum Gasteiger partial charge on any atom is -0.384 e. The third-order valence-corrected chi connectivity index (χ3v) is 5.17.